The Kier molecular flexibility index (Phi) is 6.13. The minimum atomic E-state index is -0.792. The van der Waals surface area contributed by atoms with Crippen LogP contribution in [0.4, 0.5) is 10.5 Å². The van der Waals surface area contributed by atoms with Crippen molar-refractivity contribution in [2.45, 2.75) is 6.92 Å². The lowest BCUT2D eigenvalue weighted by Crippen LogP contribution is -2.15. The summed E-state index contributed by atoms with van der Waals surface area (Å²) < 4.78 is 10.2. The zero-order valence-electron chi connectivity index (χ0n) is 17.9. The molecule has 0 aliphatic rings. The second-order valence-electron chi connectivity index (χ2n) is 7.12. The molecule has 0 aliphatic heterocycles. The average molecular weight is 461 g/mol. The van der Waals surface area contributed by atoms with Gasteiger partial charge >= 0.3 is 12.1 Å². The summed E-state index contributed by atoms with van der Waals surface area (Å²) in [6.45, 7) is 1.74. The topological polar surface area (TPSA) is 151 Å². The van der Waals surface area contributed by atoms with Crippen molar-refractivity contribution < 1.29 is 29.3 Å². The van der Waals surface area contributed by atoms with Crippen molar-refractivity contribution in [3.63, 3.8) is 0 Å². The highest BCUT2D eigenvalue weighted by Crippen LogP contribution is 2.38. The van der Waals surface area contributed by atoms with Gasteiger partial charge in [-0.25, -0.2) is 9.59 Å². The SMILES string of the molecule is CCOC(=O)Nc1cc(OC(=O)c2cccnc2)c(O)cc1-c1cc(=O)c2ccc(O)cc2[nH]1. The third-order valence-corrected chi connectivity index (χ3v) is 4.81. The first-order chi connectivity index (χ1) is 16.4. The van der Waals surface area contributed by atoms with Crippen molar-refractivity contribution in [1.29, 1.82) is 0 Å². The lowest BCUT2D eigenvalue weighted by Gasteiger charge is -2.15. The highest BCUT2D eigenvalue weighted by atomic mass is 16.5. The minimum Gasteiger partial charge on any atom is -0.508 e. The molecule has 10 nitrogen and oxygen atoms in total. The zero-order valence-corrected chi connectivity index (χ0v) is 17.9. The van der Waals surface area contributed by atoms with Crippen LogP contribution in [0.1, 0.15) is 17.3 Å². The molecular formula is C24H19N3O7. The number of carbonyl (C=O) groups excluding carboxylic acids is 2. The highest BCUT2D eigenvalue weighted by molar-refractivity contribution is 5.95. The summed E-state index contributed by atoms with van der Waals surface area (Å²) in [6, 6.07) is 11.0. The molecule has 0 saturated carbocycles. The Balaban J connectivity index is 1.81. The molecule has 4 rings (SSSR count). The van der Waals surface area contributed by atoms with Crippen molar-refractivity contribution in [3.8, 4) is 28.5 Å². The van der Waals surface area contributed by atoms with Gasteiger partial charge < -0.3 is 24.7 Å². The number of fused-ring (bicyclic) bond motifs is 1. The number of anilines is 1. The summed E-state index contributed by atoms with van der Waals surface area (Å²) in [5.74, 6) is -1.47. The van der Waals surface area contributed by atoms with Crippen molar-refractivity contribution in [1.82, 2.24) is 9.97 Å². The van der Waals surface area contributed by atoms with E-state index in [1.807, 2.05) is 0 Å². The number of pyridine rings is 2. The molecule has 2 aromatic heterocycles. The van der Waals surface area contributed by atoms with E-state index in [2.05, 4.69) is 15.3 Å². The molecule has 4 aromatic rings. The molecule has 2 aromatic carbocycles. The van der Waals surface area contributed by atoms with Gasteiger partial charge in [-0.05, 0) is 37.3 Å². The van der Waals surface area contributed by atoms with Crippen LogP contribution >= 0.6 is 0 Å². The fraction of sp³-hybridized carbons (Fsp3) is 0.0833. The lowest BCUT2D eigenvalue weighted by molar-refractivity contribution is 0.0729. The normalized spacial score (nSPS) is 10.6. The van der Waals surface area contributed by atoms with Crippen LogP contribution in [0.3, 0.4) is 0 Å². The van der Waals surface area contributed by atoms with Gasteiger partial charge in [-0.15, -0.1) is 0 Å². The number of benzene rings is 2. The molecule has 0 unspecified atom stereocenters. The van der Waals surface area contributed by atoms with Crippen molar-refractivity contribution >= 4 is 28.7 Å². The van der Waals surface area contributed by atoms with Crippen LogP contribution in [0.2, 0.25) is 0 Å². The summed E-state index contributed by atoms with van der Waals surface area (Å²) >= 11 is 0. The van der Waals surface area contributed by atoms with Gasteiger partial charge in [0, 0.05) is 41.5 Å². The predicted molar refractivity (Wildman–Crippen MR) is 123 cm³/mol. The number of hydrogen-bond donors (Lipinski definition) is 4. The number of carbonyl (C=O) groups is 2. The number of nitrogens with zero attached hydrogens (tertiary/aromatic N) is 1. The number of esters is 1. The number of ether oxygens (including phenoxy) is 2. The number of amides is 1. The molecule has 0 aliphatic carbocycles. The molecule has 4 N–H and O–H groups in total. The number of aromatic nitrogens is 2. The predicted octanol–water partition coefficient (Wildman–Crippen LogP) is 3.79. The van der Waals surface area contributed by atoms with Crippen molar-refractivity contribution in [2.24, 2.45) is 0 Å². The van der Waals surface area contributed by atoms with Gasteiger partial charge in [-0.1, -0.05) is 0 Å². The highest BCUT2D eigenvalue weighted by Gasteiger charge is 2.19. The maximum absolute atomic E-state index is 12.6. The molecule has 2 heterocycles. The van der Waals surface area contributed by atoms with Crippen LogP contribution in [0, 0.1) is 0 Å². The molecule has 172 valence electrons. The molecule has 34 heavy (non-hydrogen) atoms. The Morgan fingerprint density at radius 3 is 2.68 bits per heavy atom. The van der Waals surface area contributed by atoms with Gasteiger partial charge in [-0.3, -0.25) is 15.1 Å². The molecule has 0 bridgehead atoms. The molecule has 0 spiro atoms. The first-order valence-electron chi connectivity index (χ1n) is 10.1. The van der Waals surface area contributed by atoms with Crippen LogP contribution in [-0.4, -0.2) is 38.9 Å². The Morgan fingerprint density at radius 2 is 1.94 bits per heavy atom. The Bertz CT molecular complexity index is 1450. The Hall–Kier alpha value is -4.86. The van der Waals surface area contributed by atoms with Crippen LogP contribution < -0.4 is 15.5 Å². The second kappa shape index (κ2) is 9.33. The number of phenolic OH excluding ortho intramolecular Hbond substituents is 2. The number of hydrogen-bond acceptors (Lipinski definition) is 8. The third-order valence-electron chi connectivity index (χ3n) is 4.81. The van der Waals surface area contributed by atoms with Crippen LogP contribution in [0.25, 0.3) is 22.2 Å². The Labute approximate surface area is 192 Å². The van der Waals surface area contributed by atoms with Gasteiger partial charge in [0.15, 0.2) is 16.9 Å². The smallest absolute Gasteiger partial charge is 0.411 e. The molecule has 10 heteroatoms. The number of nitrogens with one attached hydrogen (secondary N) is 2. The van der Waals surface area contributed by atoms with E-state index in [9.17, 15) is 24.6 Å². The monoisotopic (exact) mass is 461 g/mol. The van der Waals surface area contributed by atoms with E-state index in [0.717, 1.165) is 0 Å². The lowest BCUT2D eigenvalue weighted by atomic mass is 10.1. The average Bonchev–Trinajstić information content (AvgIpc) is 2.81. The largest absolute Gasteiger partial charge is 0.508 e. The quantitative estimate of drug-likeness (QED) is 0.199. The molecule has 0 fully saturated rings. The van der Waals surface area contributed by atoms with Crippen LogP contribution in [0.5, 0.6) is 17.2 Å². The van der Waals surface area contributed by atoms with E-state index in [1.165, 1.54) is 54.9 Å². The molecule has 0 radical (unpaired) electrons. The maximum atomic E-state index is 12.6. The van der Waals surface area contributed by atoms with Gasteiger partial charge in [0.25, 0.3) is 0 Å². The van der Waals surface area contributed by atoms with Crippen LogP contribution in [-0.2, 0) is 4.74 Å². The number of H-pyrrole nitrogens is 1. The third kappa shape index (κ3) is 4.65. The molecule has 0 atom stereocenters. The van der Waals surface area contributed by atoms with Crippen molar-refractivity contribution in [3.05, 3.63) is 76.7 Å². The molecule has 0 saturated heterocycles. The first kappa shape index (κ1) is 22.3. The first-order valence-corrected chi connectivity index (χ1v) is 10.1. The molecular weight excluding hydrogens is 442 g/mol. The molecule has 1 amide bonds. The van der Waals surface area contributed by atoms with Crippen LogP contribution in [0.15, 0.2) is 65.7 Å². The number of aromatic amines is 1. The fourth-order valence-corrected chi connectivity index (χ4v) is 3.28. The van der Waals surface area contributed by atoms with Crippen molar-refractivity contribution in [2.75, 3.05) is 11.9 Å². The summed E-state index contributed by atoms with van der Waals surface area (Å²) in [5, 5.41) is 23.2. The number of rotatable bonds is 5. The standard InChI is InChI=1S/C24H19N3O7/c1-2-33-24(32)27-19-11-22(34-23(31)13-4-3-7-25-12-13)21(30)9-16(19)18-10-20(29)15-6-5-14(28)8-17(15)26-18/h3-12,28,30H,2H2,1H3,(H,26,29)(H,27,32). The summed E-state index contributed by atoms with van der Waals surface area (Å²) in [5.41, 5.74) is 0.697. The van der Waals surface area contributed by atoms with E-state index >= 15 is 0 Å². The summed E-state index contributed by atoms with van der Waals surface area (Å²) in [4.78, 5) is 44.0. The minimum absolute atomic E-state index is 0.0503. The van der Waals surface area contributed by atoms with E-state index in [-0.39, 0.29) is 46.0 Å². The van der Waals surface area contributed by atoms with Gasteiger partial charge in [0.2, 0.25) is 0 Å². The van der Waals surface area contributed by atoms with E-state index in [0.29, 0.717) is 10.9 Å². The zero-order chi connectivity index (χ0) is 24.2. The fourth-order valence-electron chi connectivity index (χ4n) is 3.28. The summed E-state index contributed by atoms with van der Waals surface area (Å²) in [6.07, 6.45) is 2.01. The van der Waals surface area contributed by atoms with E-state index in [4.69, 9.17) is 9.47 Å². The van der Waals surface area contributed by atoms with Gasteiger partial charge in [-0.2, -0.15) is 0 Å². The van der Waals surface area contributed by atoms with E-state index < -0.39 is 17.8 Å². The summed E-state index contributed by atoms with van der Waals surface area (Å²) in [7, 11) is 0. The van der Waals surface area contributed by atoms with Gasteiger partial charge in [0.1, 0.15) is 5.75 Å². The Morgan fingerprint density at radius 1 is 1.12 bits per heavy atom. The van der Waals surface area contributed by atoms with Gasteiger partial charge in [0.05, 0.1) is 29.1 Å². The number of phenols is 2. The van der Waals surface area contributed by atoms with E-state index in [1.54, 1.807) is 13.0 Å². The second-order valence-corrected chi connectivity index (χ2v) is 7.12. The number of aromatic hydroxyl groups is 2. The maximum Gasteiger partial charge on any atom is 0.411 e.